The molecule has 0 aliphatic heterocycles. The van der Waals surface area contributed by atoms with Crippen LogP contribution in [0.2, 0.25) is 0 Å². The topological polar surface area (TPSA) is 43.4 Å². The van der Waals surface area contributed by atoms with E-state index in [1.807, 2.05) is 0 Å². The molecule has 0 atom stereocenters. The molecule has 218 valence electrons. The van der Waals surface area contributed by atoms with E-state index < -0.39 is 16.7 Å². The van der Waals surface area contributed by atoms with Gasteiger partial charge in [-0.2, -0.15) is 0 Å². The summed E-state index contributed by atoms with van der Waals surface area (Å²) in [5.41, 5.74) is 0. The standard InChI is InChI=1S/C32H61O3PS/c1-6-11-12-13-14-15-16-17-18-19-20-21-22-23-24-25-30-35-37(33,34)32-28-26-31(27-29-32)36(7-2,8-3,9-4)10-5/h26-29H,6-25,30H2,1-5H3. The van der Waals surface area contributed by atoms with Crippen LogP contribution in [0.1, 0.15) is 137 Å². The molecule has 0 fully saturated rings. The zero-order chi connectivity index (χ0) is 27.5. The van der Waals surface area contributed by atoms with Crippen LogP contribution < -0.4 is 5.30 Å². The Morgan fingerprint density at radius 3 is 1.24 bits per heavy atom. The van der Waals surface area contributed by atoms with Crippen molar-refractivity contribution in [2.45, 2.75) is 142 Å². The first-order chi connectivity index (χ1) is 17.8. The quantitative estimate of drug-likeness (QED) is 0.0723. The van der Waals surface area contributed by atoms with Gasteiger partial charge in [0.1, 0.15) is 0 Å². The summed E-state index contributed by atoms with van der Waals surface area (Å²) in [6.45, 7) is 9.80. The van der Waals surface area contributed by atoms with Gasteiger partial charge in [0.25, 0.3) is 0 Å². The molecule has 0 aromatic heterocycles. The van der Waals surface area contributed by atoms with Gasteiger partial charge in [0, 0.05) is 0 Å². The Morgan fingerprint density at radius 1 is 0.541 bits per heavy atom. The predicted molar refractivity (Wildman–Crippen MR) is 168 cm³/mol. The Hall–Kier alpha value is -0.440. The molecule has 0 radical (unpaired) electrons. The van der Waals surface area contributed by atoms with Crippen LogP contribution >= 0.6 is 6.60 Å². The Bertz CT molecular complexity index is 776. The molecular weight excluding hydrogens is 495 g/mol. The molecular formula is C32H61O3PS. The van der Waals surface area contributed by atoms with Gasteiger partial charge in [-0.15, -0.1) is 0 Å². The van der Waals surface area contributed by atoms with Crippen molar-refractivity contribution in [3.8, 4) is 0 Å². The second kappa shape index (κ2) is 18.8. The fraction of sp³-hybridized carbons (Fsp3) is 0.812. The summed E-state index contributed by atoms with van der Waals surface area (Å²) in [4.78, 5) is 0.295. The summed E-state index contributed by atoms with van der Waals surface area (Å²) < 4.78 is 30.8. The van der Waals surface area contributed by atoms with Crippen molar-refractivity contribution in [2.24, 2.45) is 0 Å². The van der Waals surface area contributed by atoms with Gasteiger partial charge in [0.2, 0.25) is 0 Å². The molecule has 1 aromatic rings. The summed E-state index contributed by atoms with van der Waals surface area (Å²) in [7, 11) is -3.68. The molecule has 0 spiro atoms. The van der Waals surface area contributed by atoms with Crippen molar-refractivity contribution in [3.05, 3.63) is 24.3 Å². The van der Waals surface area contributed by atoms with Crippen LogP contribution in [0.5, 0.6) is 0 Å². The van der Waals surface area contributed by atoms with E-state index in [0.717, 1.165) is 12.8 Å². The first kappa shape index (κ1) is 34.6. The molecule has 37 heavy (non-hydrogen) atoms. The fourth-order valence-electron chi connectivity index (χ4n) is 5.99. The first-order valence-corrected chi connectivity index (χ1v) is 20.2. The van der Waals surface area contributed by atoms with Crippen LogP contribution in [-0.2, 0) is 14.3 Å². The van der Waals surface area contributed by atoms with Crippen LogP contribution in [0, 0.1) is 0 Å². The Labute approximate surface area is 232 Å². The van der Waals surface area contributed by atoms with Crippen LogP contribution in [0.25, 0.3) is 0 Å². The van der Waals surface area contributed by atoms with E-state index in [9.17, 15) is 8.42 Å². The van der Waals surface area contributed by atoms with E-state index >= 15 is 0 Å². The van der Waals surface area contributed by atoms with Crippen molar-refractivity contribution >= 4 is 22.0 Å². The van der Waals surface area contributed by atoms with E-state index in [1.54, 1.807) is 12.1 Å². The van der Waals surface area contributed by atoms with Gasteiger partial charge in [-0.05, 0) is 0 Å². The molecule has 0 aliphatic carbocycles. The van der Waals surface area contributed by atoms with E-state index in [0.29, 0.717) is 4.90 Å². The molecule has 0 unspecified atom stereocenters. The van der Waals surface area contributed by atoms with E-state index in [1.165, 1.54) is 120 Å². The number of benzene rings is 1. The maximum absolute atomic E-state index is 12.7. The minimum atomic E-state index is -3.68. The summed E-state index contributed by atoms with van der Waals surface area (Å²) >= 11 is 0. The molecule has 0 bridgehead atoms. The van der Waals surface area contributed by atoms with E-state index in [4.69, 9.17) is 4.18 Å². The SMILES string of the molecule is CCCCCCCCCCCCCCCCCCOS(=O)(=O)c1ccc(P(CC)(CC)(CC)CC)cc1. The predicted octanol–water partition coefficient (Wildman–Crippen LogP) is 9.91. The molecule has 1 aromatic carbocycles. The Morgan fingerprint density at radius 2 is 0.892 bits per heavy atom. The molecule has 0 N–H and O–H groups in total. The number of rotatable bonds is 24. The van der Waals surface area contributed by atoms with Gasteiger partial charge < -0.3 is 0 Å². The van der Waals surface area contributed by atoms with Gasteiger partial charge in [0.15, 0.2) is 0 Å². The molecule has 0 aliphatic rings. The Kier molecular flexibility index (Phi) is 17.6. The summed E-state index contributed by atoms with van der Waals surface area (Å²) in [6, 6.07) is 7.69. The Balaban J connectivity index is 2.20. The third-order valence-corrected chi connectivity index (χ3v) is 19.1. The maximum atomic E-state index is 12.7. The summed E-state index contributed by atoms with van der Waals surface area (Å²) in [5.74, 6) is 0. The zero-order valence-electron chi connectivity index (χ0n) is 25.2. The zero-order valence-corrected chi connectivity index (χ0v) is 26.9. The summed E-state index contributed by atoms with van der Waals surface area (Å²) in [6.07, 6.45) is 25.6. The number of unbranched alkanes of at least 4 members (excludes halogenated alkanes) is 15. The average Bonchev–Trinajstić information content (AvgIpc) is 2.93. The van der Waals surface area contributed by atoms with Gasteiger partial charge in [-0.3, -0.25) is 0 Å². The molecule has 0 saturated carbocycles. The number of hydrogen-bond donors (Lipinski definition) is 0. The third-order valence-electron chi connectivity index (χ3n) is 9.41. The van der Waals surface area contributed by atoms with Gasteiger partial charge >= 0.3 is 155 Å². The van der Waals surface area contributed by atoms with Gasteiger partial charge in [-0.1, -0.05) is 77.6 Å². The van der Waals surface area contributed by atoms with Gasteiger partial charge in [0.05, 0.1) is 0 Å². The van der Waals surface area contributed by atoms with Gasteiger partial charge in [-0.25, -0.2) is 0 Å². The second-order valence-electron chi connectivity index (χ2n) is 11.3. The van der Waals surface area contributed by atoms with Crippen molar-refractivity contribution < 1.29 is 12.6 Å². The summed E-state index contributed by atoms with van der Waals surface area (Å²) in [5, 5.41) is 1.37. The van der Waals surface area contributed by atoms with E-state index in [-0.39, 0.29) is 6.61 Å². The van der Waals surface area contributed by atoms with Crippen LogP contribution in [0.15, 0.2) is 29.2 Å². The van der Waals surface area contributed by atoms with Crippen LogP contribution in [0.3, 0.4) is 0 Å². The molecule has 1 rings (SSSR count). The third kappa shape index (κ3) is 11.3. The van der Waals surface area contributed by atoms with E-state index in [2.05, 4.69) is 46.8 Å². The number of hydrogen-bond acceptors (Lipinski definition) is 3. The first-order valence-electron chi connectivity index (χ1n) is 15.8. The second-order valence-corrected chi connectivity index (χ2v) is 19.9. The van der Waals surface area contributed by atoms with Crippen LogP contribution in [0.4, 0.5) is 0 Å². The fourth-order valence-corrected chi connectivity index (χ4v) is 12.1. The van der Waals surface area contributed by atoms with Crippen molar-refractivity contribution in [1.29, 1.82) is 0 Å². The van der Waals surface area contributed by atoms with Crippen molar-refractivity contribution in [3.63, 3.8) is 0 Å². The normalized spacial score (nSPS) is 13.5. The minimum absolute atomic E-state index is 0.288. The molecule has 5 heteroatoms. The molecule has 0 saturated heterocycles. The molecule has 3 nitrogen and oxygen atoms in total. The average molecular weight is 557 g/mol. The molecule has 0 heterocycles. The molecule has 0 amide bonds. The monoisotopic (exact) mass is 556 g/mol. The van der Waals surface area contributed by atoms with Crippen LogP contribution in [-0.4, -0.2) is 39.7 Å². The van der Waals surface area contributed by atoms with Crippen molar-refractivity contribution in [1.82, 2.24) is 0 Å². The van der Waals surface area contributed by atoms with Crippen molar-refractivity contribution in [2.75, 3.05) is 31.3 Å².